The Morgan fingerprint density at radius 1 is 0.518 bits per heavy atom. The molecule has 110 heavy (non-hydrogen) atoms. The van der Waals surface area contributed by atoms with Crippen LogP contribution >= 0.6 is 0 Å². The van der Waals surface area contributed by atoms with Crippen molar-refractivity contribution in [3.8, 4) is 33.8 Å². The lowest BCUT2D eigenvalue weighted by molar-refractivity contribution is -0.140. The molecular formula is C88H112N8O12S2. The van der Waals surface area contributed by atoms with Crippen molar-refractivity contribution in [2.24, 2.45) is 10.8 Å². The number of carboxylic acids is 2. The number of nitrogens with one attached hydrogen (secondary N) is 2. The van der Waals surface area contributed by atoms with Gasteiger partial charge in [0.15, 0.2) is 0 Å². The molecular weight excluding hydrogens is 1430 g/mol. The number of carbonyl (C=O) groups excluding carboxylic acids is 2. The fourth-order valence-electron chi connectivity index (χ4n) is 13.7. The second kappa shape index (κ2) is 41.5. The van der Waals surface area contributed by atoms with E-state index in [0.29, 0.717) is 109 Å². The van der Waals surface area contributed by atoms with Gasteiger partial charge in [0.05, 0.1) is 82.6 Å². The summed E-state index contributed by atoms with van der Waals surface area (Å²) in [4.78, 5) is 65.8. The maximum absolute atomic E-state index is 13.8. The predicted molar refractivity (Wildman–Crippen MR) is 442 cm³/mol. The van der Waals surface area contributed by atoms with Crippen LogP contribution in [-0.2, 0) is 74.8 Å². The third-order valence-corrected chi connectivity index (χ3v) is 22.1. The molecule has 0 saturated carbocycles. The summed E-state index contributed by atoms with van der Waals surface area (Å²) in [5.41, 5.74) is 12.1. The summed E-state index contributed by atoms with van der Waals surface area (Å²) in [5, 5.41) is 25.3. The van der Waals surface area contributed by atoms with E-state index in [1.54, 1.807) is 30.5 Å². The van der Waals surface area contributed by atoms with Gasteiger partial charge in [-0.05, 0) is 219 Å². The van der Waals surface area contributed by atoms with Crippen LogP contribution in [0.25, 0.3) is 34.4 Å². The molecule has 588 valence electrons. The molecule has 0 aliphatic carbocycles. The van der Waals surface area contributed by atoms with Gasteiger partial charge in [0.1, 0.15) is 30.5 Å². The number of hydrogen-bond acceptors (Lipinski definition) is 14. The summed E-state index contributed by atoms with van der Waals surface area (Å²) in [7, 11) is -2.52. The molecule has 20 nitrogen and oxygen atoms in total. The first-order valence-electron chi connectivity index (χ1n) is 38.8. The zero-order valence-corrected chi connectivity index (χ0v) is 67.5. The van der Waals surface area contributed by atoms with E-state index < -0.39 is 44.4 Å². The summed E-state index contributed by atoms with van der Waals surface area (Å²) in [6.07, 6.45) is 16.4. The van der Waals surface area contributed by atoms with Crippen molar-refractivity contribution < 1.29 is 56.8 Å². The molecule has 10 rings (SSSR count). The number of carboxylic acid groups (broad SMARTS) is 2. The van der Waals surface area contributed by atoms with E-state index >= 15 is 0 Å². The van der Waals surface area contributed by atoms with Crippen LogP contribution in [0.5, 0.6) is 11.5 Å². The number of carbonyl (C=O) groups is 4. The van der Waals surface area contributed by atoms with Crippen LogP contribution in [0.2, 0.25) is 0 Å². The minimum absolute atomic E-state index is 0.0509. The van der Waals surface area contributed by atoms with Gasteiger partial charge in [-0.1, -0.05) is 105 Å². The number of aromatic nitrogens is 4. The van der Waals surface area contributed by atoms with Crippen LogP contribution in [0.4, 0.5) is 22.7 Å². The van der Waals surface area contributed by atoms with Crippen LogP contribution in [0.15, 0.2) is 167 Å². The summed E-state index contributed by atoms with van der Waals surface area (Å²) in [6, 6.07) is 42.9. The summed E-state index contributed by atoms with van der Waals surface area (Å²) in [5.74, 6) is 1.19. The summed E-state index contributed by atoms with van der Waals surface area (Å²) < 4.78 is 53.8. The Morgan fingerprint density at radius 2 is 0.955 bits per heavy atom. The number of fused-ring (bicyclic) bond motifs is 2. The van der Waals surface area contributed by atoms with E-state index in [-0.39, 0.29) is 24.7 Å². The highest BCUT2D eigenvalue weighted by Gasteiger charge is 2.30. The van der Waals surface area contributed by atoms with Gasteiger partial charge in [-0.25, -0.2) is 9.97 Å². The monoisotopic (exact) mass is 1540 g/mol. The van der Waals surface area contributed by atoms with Crippen molar-refractivity contribution in [2.45, 2.75) is 181 Å². The quantitative estimate of drug-likeness (QED) is 0.0263. The van der Waals surface area contributed by atoms with Crippen LogP contribution in [0.1, 0.15) is 166 Å². The lowest BCUT2D eigenvalue weighted by atomic mass is 9.87. The number of aryl methyl sites for hydroxylation is 3. The Morgan fingerprint density at radius 3 is 1.38 bits per heavy atom. The molecule has 0 spiro atoms. The summed E-state index contributed by atoms with van der Waals surface area (Å²) >= 11 is 0. The number of aliphatic carboxylic acids is 2. The average Bonchev–Trinajstić information content (AvgIpc) is 1.07. The Balaban J connectivity index is 0.000000253. The van der Waals surface area contributed by atoms with Gasteiger partial charge in [0.25, 0.3) is 11.8 Å². The predicted octanol–water partition coefficient (Wildman–Crippen LogP) is 17.8. The van der Waals surface area contributed by atoms with Gasteiger partial charge in [0.2, 0.25) is 0 Å². The van der Waals surface area contributed by atoms with Crippen molar-refractivity contribution in [2.75, 3.05) is 86.3 Å². The maximum atomic E-state index is 13.8. The standard InChI is InChI=1S/2C44H56N4O6S/c1-6-8-23-53-24-25-54-39-16-11-33(12-17-39)34-13-20-41-36(26-34)27-35(10-9-22-47(41)31-44(4,5)28-42(49)50)43(51)46-37-14-18-40(19-15-37)55(52)30-38-29-45-32(3)48(38)21-7-2;1-6-8-23-53-24-25-54-38-16-11-33(12-17-38)34-13-20-40-36(26-34)27-35(10-9-22-47(40)30-44(4,5)28-42(49)50)43(51)46-37-14-18-39(19-15-37)55(52)29-41-32(3)45-31-48(41)21-7-2/h11-20,26-27,29H,6-10,21-25,28,30-31H2,1-5H3,(H,46,51)(H,49,50);11-20,26-27,31H,6-10,21-25,28-30H2,1-5H3,(H,46,51)(H,49,50)/b2*35-27+/t2*55-/m00/s1. The smallest absolute Gasteiger partial charge is 0.303 e. The molecule has 0 fully saturated rings. The second-order valence-electron chi connectivity index (χ2n) is 29.9. The van der Waals surface area contributed by atoms with Gasteiger partial charge >= 0.3 is 11.9 Å². The Kier molecular flexibility index (Phi) is 31.9. The van der Waals surface area contributed by atoms with Crippen LogP contribution in [-0.4, -0.2) is 127 Å². The van der Waals surface area contributed by atoms with Crippen LogP contribution in [0, 0.1) is 24.7 Å². The molecule has 0 bridgehead atoms. The van der Waals surface area contributed by atoms with Crippen molar-refractivity contribution >= 4 is 80.3 Å². The highest BCUT2D eigenvalue weighted by molar-refractivity contribution is 7.84. The lowest BCUT2D eigenvalue weighted by Crippen LogP contribution is -2.37. The summed E-state index contributed by atoms with van der Waals surface area (Å²) in [6.45, 7) is 28.0. The third-order valence-electron chi connectivity index (χ3n) is 19.4. The van der Waals surface area contributed by atoms with Gasteiger partial charge in [-0.3, -0.25) is 27.6 Å². The number of imidazole rings is 2. The first kappa shape index (κ1) is 84.5. The van der Waals surface area contributed by atoms with Gasteiger partial charge in [-0.2, -0.15) is 0 Å². The van der Waals surface area contributed by atoms with E-state index in [1.807, 2.05) is 133 Å². The minimum Gasteiger partial charge on any atom is -0.491 e. The Bertz CT molecular complexity index is 4470. The molecule has 2 amide bonds. The molecule has 4 heterocycles. The molecule has 2 aliphatic heterocycles. The van der Waals surface area contributed by atoms with E-state index in [0.717, 1.165) is 157 Å². The zero-order chi connectivity index (χ0) is 78.7. The van der Waals surface area contributed by atoms with Gasteiger partial charge < -0.3 is 58.7 Å². The number of unbranched alkanes of at least 4 members (excludes halogenated alkanes) is 2. The molecule has 2 aromatic heterocycles. The van der Waals surface area contributed by atoms with E-state index in [9.17, 15) is 37.8 Å². The molecule has 0 unspecified atom stereocenters. The highest BCUT2D eigenvalue weighted by atomic mass is 32.2. The topological polar surface area (TPSA) is 246 Å². The number of hydrogen-bond donors (Lipinski definition) is 4. The van der Waals surface area contributed by atoms with Crippen LogP contribution in [0.3, 0.4) is 0 Å². The number of nitrogens with zero attached hydrogens (tertiary/aromatic N) is 6. The number of amides is 2. The molecule has 8 aromatic rings. The Hall–Kier alpha value is -9.48. The SMILES string of the molecule is CCCCOCCOc1ccc(-c2ccc3c(c2)/C=C(/C(=O)Nc2ccc([S@@](=O)Cc4c(C)ncn4CCC)cc2)CCCN3CC(C)(C)CC(=O)O)cc1.CCCCOCCOc1ccc(-c2ccc3c(c2)/C=C(/C(=O)Nc2ccc([S@@](=O)Cc4cnc(C)n4CCC)cc2)CCCN3CC(C)(C)CC(=O)O)cc1. The normalized spacial score (nSPS) is 14.6. The van der Waals surface area contributed by atoms with Gasteiger partial charge in [0, 0.05) is 102 Å². The molecule has 6 aromatic carbocycles. The number of rotatable bonds is 38. The molecule has 2 atom stereocenters. The number of benzene rings is 6. The fraction of sp³-hybridized carbons (Fsp3) is 0.432. The molecule has 0 radical (unpaired) electrons. The van der Waals surface area contributed by atoms with Crippen molar-refractivity contribution in [1.29, 1.82) is 0 Å². The van der Waals surface area contributed by atoms with Crippen LogP contribution < -0.4 is 29.9 Å². The molecule has 2 aliphatic rings. The largest absolute Gasteiger partial charge is 0.491 e. The first-order chi connectivity index (χ1) is 52.9. The first-order valence-corrected chi connectivity index (χ1v) is 41.4. The van der Waals surface area contributed by atoms with Crippen molar-refractivity contribution in [3.05, 3.63) is 191 Å². The van der Waals surface area contributed by atoms with E-state index in [1.165, 1.54) is 0 Å². The molecule has 0 saturated heterocycles. The highest BCUT2D eigenvalue weighted by Crippen LogP contribution is 2.38. The number of anilines is 4. The number of ether oxygens (including phenoxy) is 4. The van der Waals surface area contributed by atoms with Crippen molar-refractivity contribution in [3.63, 3.8) is 0 Å². The maximum Gasteiger partial charge on any atom is 0.303 e. The molecule has 22 heteroatoms. The third kappa shape index (κ3) is 25.3. The fourth-order valence-corrected chi connectivity index (χ4v) is 16.1. The minimum atomic E-state index is -1.26. The van der Waals surface area contributed by atoms with E-state index in [4.69, 9.17) is 18.9 Å². The van der Waals surface area contributed by atoms with E-state index in [2.05, 4.69) is 104 Å². The van der Waals surface area contributed by atoms with Crippen molar-refractivity contribution in [1.82, 2.24) is 19.1 Å². The lowest BCUT2D eigenvalue weighted by Gasteiger charge is -2.35. The average molecular weight is 1540 g/mol. The Labute approximate surface area is 655 Å². The second-order valence-corrected chi connectivity index (χ2v) is 32.8. The zero-order valence-electron chi connectivity index (χ0n) is 65.9. The van der Waals surface area contributed by atoms with Gasteiger partial charge in [-0.15, -0.1) is 0 Å². The molecule has 4 N–H and O–H groups in total.